The highest BCUT2D eigenvalue weighted by molar-refractivity contribution is 5.92. The maximum absolute atomic E-state index is 13.1. The maximum Gasteiger partial charge on any atom is 0.348 e. The van der Waals surface area contributed by atoms with Crippen LogP contribution in [0.15, 0.2) is 47.5 Å². The van der Waals surface area contributed by atoms with Crippen LogP contribution in [0.2, 0.25) is 0 Å². The molecule has 9 nitrogen and oxygen atoms in total. The van der Waals surface area contributed by atoms with Gasteiger partial charge < -0.3 is 10.2 Å². The molecule has 1 fully saturated rings. The standard InChI is InChI=1S/C24H26N6O3/c1-15-11-16(2)30(24(33)28-15)14-22(31)29-10-4-5-21(29)19-8-6-17(12-26-19)18-7-9-20(27-13-18)23(32)25-3/h6-9,11-13,21H,4-5,10,14H2,1-3H3,(H,25,32). The maximum atomic E-state index is 13.1. The molecule has 4 rings (SSSR count). The van der Waals surface area contributed by atoms with E-state index in [0.717, 1.165) is 35.4 Å². The molecule has 33 heavy (non-hydrogen) atoms. The van der Waals surface area contributed by atoms with E-state index >= 15 is 0 Å². The first-order valence-corrected chi connectivity index (χ1v) is 10.9. The van der Waals surface area contributed by atoms with Gasteiger partial charge in [-0.25, -0.2) is 4.79 Å². The number of hydrogen-bond donors (Lipinski definition) is 1. The Labute approximate surface area is 191 Å². The largest absolute Gasteiger partial charge is 0.354 e. The molecule has 0 spiro atoms. The lowest BCUT2D eigenvalue weighted by Gasteiger charge is -2.25. The fraction of sp³-hybridized carbons (Fsp3) is 0.333. The van der Waals surface area contributed by atoms with Crippen molar-refractivity contribution in [1.82, 2.24) is 29.7 Å². The number of rotatable bonds is 5. The summed E-state index contributed by atoms with van der Waals surface area (Å²) in [6, 6.07) is 9.03. The minimum Gasteiger partial charge on any atom is -0.354 e. The topological polar surface area (TPSA) is 110 Å². The van der Waals surface area contributed by atoms with Crippen LogP contribution in [0.25, 0.3) is 11.1 Å². The number of amides is 2. The normalized spacial score (nSPS) is 15.5. The zero-order chi connectivity index (χ0) is 23.5. The minimum absolute atomic E-state index is 0.0319. The summed E-state index contributed by atoms with van der Waals surface area (Å²) in [5.41, 5.74) is 3.84. The number of aromatic nitrogens is 4. The number of aryl methyl sites for hydroxylation is 2. The van der Waals surface area contributed by atoms with Crippen LogP contribution in [0, 0.1) is 13.8 Å². The molecule has 1 saturated heterocycles. The van der Waals surface area contributed by atoms with E-state index in [1.165, 1.54) is 4.57 Å². The molecule has 1 aliphatic rings. The number of carbonyl (C=O) groups excluding carboxylic acids is 2. The molecule has 4 heterocycles. The SMILES string of the molecule is CNC(=O)c1ccc(-c2ccc(C3CCCN3C(=O)Cn3c(C)cc(C)nc3=O)nc2)cn1. The van der Waals surface area contributed by atoms with Crippen LogP contribution in [-0.4, -0.2) is 49.8 Å². The van der Waals surface area contributed by atoms with Crippen LogP contribution in [0.4, 0.5) is 0 Å². The Hall–Kier alpha value is -3.88. The third-order valence-electron chi connectivity index (χ3n) is 5.90. The van der Waals surface area contributed by atoms with Crippen molar-refractivity contribution < 1.29 is 9.59 Å². The van der Waals surface area contributed by atoms with Crippen LogP contribution in [-0.2, 0) is 11.3 Å². The van der Waals surface area contributed by atoms with Gasteiger partial charge in [0.1, 0.15) is 12.2 Å². The third kappa shape index (κ3) is 4.67. The Morgan fingerprint density at radius 2 is 1.82 bits per heavy atom. The van der Waals surface area contributed by atoms with Crippen LogP contribution in [0.3, 0.4) is 0 Å². The second-order valence-electron chi connectivity index (χ2n) is 8.14. The first kappa shape index (κ1) is 22.3. The van der Waals surface area contributed by atoms with Gasteiger partial charge in [-0.3, -0.25) is 24.1 Å². The Bertz CT molecular complexity index is 1230. The van der Waals surface area contributed by atoms with Gasteiger partial charge in [-0.1, -0.05) is 12.1 Å². The van der Waals surface area contributed by atoms with Crippen molar-refractivity contribution in [1.29, 1.82) is 0 Å². The van der Waals surface area contributed by atoms with E-state index in [-0.39, 0.29) is 24.4 Å². The van der Waals surface area contributed by atoms with Gasteiger partial charge in [0.15, 0.2) is 0 Å². The Morgan fingerprint density at radius 1 is 1.09 bits per heavy atom. The molecule has 0 aliphatic carbocycles. The molecular formula is C24H26N6O3. The summed E-state index contributed by atoms with van der Waals surface area (Å²) in [5.74, 6) is -0.354. The second-order valence-corrected chi connectivity index (χ2v) is 8.14. The van der Waals surface area contributed by atoms with Gasteiger partial charge in [0.2, 0.25) is 5.91 Å². The summed E-state index contributed by atoms with van der Waals surface area (Å²) < 4.78 is 1.41. The number of likely N-dealkylation sites (tertiary alicyclic amines) is 1. The Balaban J connectivity index is 1.50. The molecule has 3 aromatic rings. The van der Waals surface area contributed by atoms with E-state index in [2.05, 4.69) is 20.3 Å². The van der Waals surface area contributed by atoms with Gasteiger partial charge in [-0.05, 0) is 44.9 Å². The second kappa shape index (κ2) is 9.32. The highest BCUT2D eigenvalue weighted by Crippen LogP contribution is 2.32. The van der Waals surface area contributed by atoms with Crippen molar-refractivity contribution in [2.75, 3.05) is 13.6 Å². The zero-order valence-electron chi connectivity index (χ0n) is 18.9. The number of hydrogen-bond acceptors (Lipinski definition) is 6. The molecule has 1 aliphatic heterocycles. The average molecular weight is 447 g/mol. The summed E-state index contributed by atoms with van der Waals surface area (Å²) in [6.45, 7) is 4.17. The molecule has 1 unspecified atom stereocenters. The predicted molar refractivity (Wildman–Crippen MR) is 123 cm³/mol. The first-order chi connectivity index (χ1) is 15.9. The van der Waals surface area contributed by atoms with Crippen molar-refractivity contribution in [3.8, 4) is 11.1 Å². The highest BCUT2D eigenvalue weighted by atomic mass is 16.2. The zero-order valence-corrected chi connectivity index (χ0v) is 18.9. The van der Waals surface area contributed by atoms with Crippen molar-refractivity contribution in [3.63, 3.8) is 0 Å². The lowest BCUT2D eigenvalue weighted by atomic mass is 10.1. The number of carbonyl (C=O) groups is 2. The fourth-order valence-corrected chi connectivity index (χ4v) is 4.17. The number of pyridine rings is 2. The summed E-state index contributed by atoms with van der Waals surface area (Å²) in [4.78, 5) is 51.5. The quantitative estimate of drug-likeness (QED) is 0.642. The fourth-order valence-electron chi connectivity index (χ4n) is 4.17. The summed E-state index contributed by atoms with van der Waals surface area (Å²) in [5, 5.41) is 2.55. The number of nitrogens with one attached hydrogen (secondary N) is 1. The minimum atomic E-state index is -0.407. The molecule has 0 bridgehead atoms. The van der Waals surface area contributed by atoms with E-state index in [1.54, 1.807) is 50.3 Å². The third-order valence-corrected chi connectivity index (χ3v) is 5.90. The molecule has 0 saturated carbocycles. The van der Waals surface area contributed by atoms with Crippen LogP contribution < -0.4 is 11.0 Å². The van der Waals surface area contributed by atoms with E-state index in [4.69, 9.17) is 0 Å². The van der Waals surface area contributed by atoms with Gasteiger partial charge in [0.05, 0.1) is 11.7 Å². The predicted octanol–water partition coefficient (Wildman–Crippen LogP) is 2.04. The molecular weight excluding hydrogens is 420 g/mol. The van der Waals surface area contributed by atoms with Crippen LogP contribution >= 0.6 is 0 Å². The van der Waals surface area contributed by atoms with E-state index in [1.807, 2.05) is 18.2 Å². The Morgan fingerprint density at radius 3 is 2.42 bits per heavy atom. The summed E-state index contributed by atoms with van der Waals surface area (Å²) in [6.07, 6.45) is 5.10. The van der Waals surface area contributed by atoms with Crippen molar-refractivity contribution in [2.45, 2.75) is 39.3 Å². The van der Waals surface area contributed by atoms with Gasteiger partial charge in [-0.15, -0.1) is 0 Å². The first-order valence-electron chi connectivity index (χ1n) is 10.9. The molecule has 0 aromatic carbocycles. The molecule has 0 radical (unpaired) electrons. The van der Waals surface area contributed by atoms with Crippen LogP contribution in [0.5, 0.6) is 0 Å². The van der Waals surface area contributed by atoms with E-state index in [9.17, 15) is 14.4 Å². The highest BCUT2D eigenvalue weighted by Gasteiger charge is 2.31. The molecule has 9 heteroatoms. The van der Waals surface area contributed by atoms with Crippen LogP contribution in [0.1, 0.15) is 46.5 Å². The lowest BCUT2D eigenvalue weighted by Crippen LogP contribution is -2.37. The van der Waals surface area contributed by atoms with Gasteiger partial charge in [0, 0.05) is 48.5 Å². The van der Waals surface area contributed by atoms with Gasteiger partial charge >= 0.3 is 5.69 Å². The molecule has 1 atom stereocenters. The van der Waals surface area contributed by atoms with E-state index in [0.29, 0.717) is 17.9 Å². The van der Waals surface area contributed by atoms with Gasteiger partial charge in [0.25, 0.3) is 5.91 Å². The molecule has 170 valence electrons. The number of nitrogens with zero attached hydrogens (tertiary/aromatic N) is 5. The molecule has 1 N–H and O–H groups in total. The smallest absolute Gasteiger partial charge is 0.348 e. The average Bonchev–Trinajstić information content (AvgIpc) is 3.31. The van der Waals surface area contributed by atoms with Crippen molar-refractivity contribution in [3.05, 3.63) is 76.0 Å². The monoisotopic (exact) mass is 446 g/mol. The van der Waals surface area contributed by atoms with E-state index < -0.39 is 5.69 Å². The molecule has 3 aromatic heterocycles. The summed E-state index contributed by atoms with van der Waals surface area (Å²) in [7, 11) is 1.56. The Kier molecular flexibility index (Phi) is 6.30. The van der Waals surface area contributed by atoms with Crippen molar-refractivity contribution in [2.24, 2.45) is 0 Å². The van der Waals surface area contributed by atoms with Crippen molar-refractivity contribution >= 4 is 11.8 Å². The molecule has 2 amide bonds. The summed E-state index contributed by atoms with van der Waals surface area (Å²) >= 11 is 0. The van der Waals surface area contributed by atoms with Gasteiger partial charge in [-0.2, -0.15) is 4.98 Å². The lowest BCUT2D eigenvalue weighted by molar-refractivity contribution is -0.133.